The summed E-state index contributed by atoms with van der Waals surface area (Å²) >= 11 is 0. The van der Waals surface area contributed by atoms with Crippen LogP contribution in [0.2, 0.25) is 0 Å². The van der Waals surface area contributed by atoms with Gasteiger partial charge in [-0.25, -0.2) is 8.42 Å². The maximum Gasteiger partial charge on any atom is 0.207 e. The zero-order valence-electron chi connectivity index (χ0n) is 12.4. The normalized spacial score (nSPS) is 11.6. The second kappa shape index (κ2) is 5.07. The molecule has 112 valence electrons. The molecule has 0 saturated heterocycles. The first-order valence-electron chi connectivity index (χ1n) is 6.50. The maximum absolute atomic E-state index is 12.8. The van der Waals surface area contributed by atoms with Gasteiger partial charge in [-0.05, 0) is 57.0 Å². The first-order valence-corrected chi connectivity index (χ1v) is 7.99. The summed E-state index contributed by atoms with van der Waals surface area (Å²) in [6.45, 7) is 6.56. The third-order valence-electron chi connectivity index (χ3n) is 3.64. The Labute approximate surface area is 124 Å². The minimum atomic E-state index is -3.80. The summed E-state index contributed by atoms with van der Waals surface area (Å²) in [6.07, 6.45) is 0. The minimum absolute atomic E-state index is 0.0226. The molecule has 0 heterocycles. The fourth-order valence-electron chi connectivity index (χ4n) is 2.31. The number of phenols is 2. The average molecular weight is 306 g/mol. The molecular weight excluding hydrogens is 288 g/mol. The zero-order valence-corrected chi connectivity index (χ0v) is 13.2. The van der Waals surface area contributed by atoms with Crippen molar-refractivity contribution >= 4 is 9.84 Å². The molecule has 5 heteroatoms. The predicted octanol–water partition coefficient (Wildman–Crippen LogP) is 3.16. The Morgan fingerprint density at radius 2 is 1.48 bits per heavy atom. The first-order chi connectivity index (χ1) is 9.66. The maximum atomic E-state index is 12.8. The Bertz CT molecular complexity index is 821. The van der Waals surface area contributed by atoms with Crippen molar-refractivity contribution in [1.82, 2.24) is 0 Å². The molecule has 0 fully saturated rings. The molecule has 0 aliphatic heterocycles. The first kappa shape index (κ1) is 15.4. The number of aromatic hydroxyl groups is 2. The highest BCUT2D eigenvalue weighted by molar-refractivity contribution is 7.91. The van der Waals surface area contributed by atoms with Gasteiger partial charge >= 0.3 is 0 Å². The number of aryl methyl sites for hydroxylation is 2. The van der Waals surface area contributed by atoms with Crippen LogP contribution in [0, 0.1) is 27.7 Å². The van der Waals surface area contributed by atoms with Gasteiger partial charge in [-0.15, -0.1) is 0 Å². The van der Waals surface area contributed by atoms with E-state index in [1.54, 1.807) is 33.8 Å². The number of hydrogen-bond donors (Lipinski definition) is 2. The van der Waals surface area contributed by atoms with Crippen molar-refractivity contribution < 1.29 is 18.6 Å². The van der Waals surface area contributed by atoms with E-state index in [4.69, 9.17) is 0 Å². The SMILES string of the molecule is Cc1cc(O)c(C)c(S(=O)(=O)c2ccc(C)c(O)c2C)c1. The molecule has 0 aromatic heterocycles. The van der Waals surface area contributed by atoms with E-state index in [9.17, 15) is 18.6 Å². The van der Waals surface area contributed by atoms with Crippen LogP contribution in [0.3, 0.4) is 0 Å². The number of phenolic OH excluding ortho intramolecular Hbond substituents is 2. The lowest BCUT2D eigenvalue weighted by Gasteiger charge is -2.14. The highest BCUT2D eigenvalue weighted by Gasteiger charge is 2.25. The standard InChI is InChI=1S/C16H18O4S/c1-9-7-13(17)11(3)15(8-9)21(19,20)14-6-5-10(2)16(18)12(14)4/h5-8,17-18H,1-4H3. The van der Waals surface area contributed by atoms with Gasteiger partial charge in [0.1, 0.15) is 11.5 Å². The molecule has 0 saturated carbocycles. The van der Waals surface area contributed by atoms with E-state index >= 15 is 0 Å². The number of rotatable bonds is 2. The van der Waals surface area contributed by atoms with Gasteiger partial charge in [0, 0.05) is 11.1 Å². The van der Waals surface area contributed by atoms with E-state index in [-0.39, 0.29) is 21.3 Å². The highest BCUT2D eigenvalue weighted by atomic mass is 32.2. The van der Waals surface area contributed by atoms with Crippen molar-refractivity contribution in [2.45, 2.75) is 37.5 Å². The monoisotopic (exact) mass is 306 g/mol. The average Bonchev–Trinajstić information content (AvgIpc) is 2.39. The Morgan fingerprint density at radius 3 is 2.10 bits per heavy atom. The van der Waals surface area contributed by atoms with Crippen LogP contribution in [-0.2, 0) is 9.84 Å². The molecule has 2 N–H and O–H groups in total. The summed E-state index contributed by atoms with van der Waals surface area (Å²) < 4.78 is 25.6. The molecule has 21 heavy (non-hydrogen) atoms. The van der Waals surface area contributed by atoms with E-state index in [0.29, 0.717) is 22.3 Å². The van der Waals surface area contributed by atoms with Crippen molar-refractivity contribution in [1.29, 1.82) is 0 Å². The third-order valence-corrected chi connectivity index (χ3v) is 5.66. The van der Waals surface area contributed by atoms with E-state index < -0.39 is 9.84 Å². The lowest BCUT2D eigenvalue weighted by Crippen LogP contribution is -2.07. The molecular formula is C16H18O4S. The second-order valence-corrected chi connectivity index (χ2v) is 7.15. The van der Waals surface area contributed by atoms with Gasteiger partial charge in [0.2, 0.25) is 9.84 Å². The van der Waals surface area contributed by atoms with Gasteiger partial charge in [-0.1, -0.05) is 6.07 Å². The summed E-state index contributed by atoms with van der Waals surface area (Å²) in [6, 6.07) is 6.10. The number of hydrogen-bond acceptors (Lipinski definition) is 4. The van der Waals surface area contributed by atoms with Crippen LogP contribution < -0.4 is 0 Å². The van der Waals surface area contributed by atoms with Gasteiger partial charge in [-0.3, -0.25) is 0 Å². The van der Waals surface area contributed by atoms with Gasteiger partial charge < -0.3 is 10.2 Å². The predicted molar refractivity (Wildman–Crippen MR) is 80.6 cm³/mol. The molecule has 0 aliphatic rings. The third kappa shape index (κ3) is 2.49. The van der Waals surface area contributed by atoms with E-state index in [0.717, 1.165) is 0 Å². The van der Waals surface area contributed by atoms with Crippen LogP contribution in [0.15, 0.2) is 34.1 Å². The molecule has 2 aromatic carbocycles. The van der Waals surface area contributed by atoms with Crippen molar-refractivity contribution in [2.24, 2.45) is 0 Å². The topological polar surface area (TPSA) is 74.6 Å². The number of sulfone groups is 1. The molecule has 0 bridgehead atoms. The van der Waals surface area contributed by atoms with E-state index in [1.807, 2.05) is 0 Å². The van der Waals surface area contributed by atoms with Crippen LogP contribution in [0.4, 0.5) is 0 Å². The van der Waals surface area contributed by atoms with E-state index in [1.165, 1.54) is 18.2 Å². The van der Waals surface area contributed by atoms with Gasteiger partial charge in [0.15, 0.2) is 0 Å². The molecule has 0 radical (unpaired) electrons. The van der Waals surface area contributed by atoms with Crippen LogP contribution in [-0.4, -0.2) is 18.6 Å². The Balaban J connectivity index is 2.78. The summed E-state index contributed by atoms with van der Waals surface area (Å²) in [5.74, 6) is -0.0758. The molecule has 0 unspecified atom stereocenters. The molecule has 2 rings (SSSR count). The highest BCUT2D eigenvalue weighted by Crippen LogP contribution is 2.35. The van der Waals surface area contributed by atoms with Crippen molar-refractivity contribution in [3.05, 3.63) is 46.5 Å². The molecule has 0 aliphatic carbocycles. The fraction of sp³-hybridized carbons (Fsp3) is 0.250. The Hall–Kier alpha value is -2.01. The zero-order chi connectivity index (χ0) is 15.9. The fourth-order valence-corrected chi connectivity index (χ4v) is 4.15. The summed E-state index contributed by atoms with van der Waals surface area (Å²) in [5.41, 5.74) is 1.90. The lowest BCUT2D eigenvalue weighted by molar-refractivity contribution is 0.464. The van der Waals surface area contributed by atoms with Gasteiger partial charge in [0.05, 0.1) is 9.79 Å². The summed E-state index contributed by atoms with van der Waals surface area (Å²) in [5, 5.41) is 19.8. The van der Waals surface area contributed by atoms with Gasteiger partial charge in [-0.2, -0.15) is 0 Å². The van der Waals surface area contributed by atoms with E-state index in [2.05, 4.69) is 0 Å². The number of benzene rings is 2. The molecule has 4 nitrogen and oxygen atoms in total. The summed E-state index contributed by atoms with van der Waals surface area (Å²) in [7, 11) is -3.80. The summed E-state index contributed by atoms with van der Waals surface area (Å²) in [4.78, 5) is 0.116. The van der Waals surface area contributed by atoms with Crippen molar-refractivity contribution in [3.63, 3.8) is 0 Å². The minimum Gasteiger partial charge on any atom is -0.508 e. The van der Waals surface area contributed by atoms with Crippen LogP contribution in [0.1, 0.15) is 22.3 Å². The smallest absolute Gasteiger partial charge is 0.207 e. The van der Waals surface area contributed by atoms with Gasteiger partial charge in [0.25, 0.3) is 0 Å². The van der Waals surface area contributed by atoms with Crippen LogP contribution in [0.25, 0.3) is 0 Å². The van der Waals surface area contributed by atoms with Crippen molar-refractivity contribution in [2.75, 3.05) is 0 Å². The molecule has 2 aromatic rings. The lowest BCUT2D eigenvalue weighted by atomic mass is 10.1. The van der Waals surface area contributed by atoms with Crippen LogP contribution in [0.5, 0.6) is 11.5 Å². The largest absolute Gasteiger partial charge is 0.508 e. The Morgan fingerprint density at radius 1 is 0.857 bits per heavy atom. The quantitative estimate of drug-likeness (QED) is 0.893. The molecule has 0 amide bonds. The van der Waals surface area contributed by atoms with Crippen molar-refractivity contribution in [3.8, 4) is 11.5 Å². The Kier molecular flexibility index (Phi) is 3.72. The second-order valence-electron chi connectivity index (χ2n) is 5.26. The molecule has 0 atom stereocenters. The van der Waals surface area contributed by atoms with Crippen LogP contribution >= 0.6 is 0 Å². The molecule has 0 spiro atoms.